The number of carbonyl (C=O) groups excluding carboxylic acids is 2. The number of para-hydroxylation sites is 1. The van der Waals surface area contributed by atoms with Crippen LogP contribution in [0.2, 0.25) is 0 Å². The fourth-order valence-electron chi connectivity index (χ4n) is 3.09. The van der Waals surface area contributed by atoms with Crippen molar-refractivity contribution in [1.29, 1.82) is 0 Å². The van der Waals surface area contributed by atoms with E-state index in [2.05, 4.69) is 0 Å². The lowest BCUT2D eigenvalue weighted by atomic mass is 10.1. The highest BCUT2D eigenvalue weighted by Gasteiger charge is 2.15. The van der Waals surface area contributed by atoms with Crippen molar-refractivity contribution in [3.05, 3.63) is 83.4 Å². The molecule has 170 valence electrons. The second-order valence-electron chi connectivity index (χ2n) is 6.76. The highest BCUT2D eigenvalue weighted by molar-refractivity contribution is 6.09. The van der Waals surface area contributed by atoms with E-state index in [9.17, 15) is 9.59 Å². The van der Waals surface area contributed by atoms with Crippen LogP contribution in [0.15, 0.2) is 66.7 Å². The number of methoxy groups -OCH3 is 4. The van der Waals surface area contributed by atoms with Crippen LogP contribution in [0.5, 0.6) is 28.7 Å². The predicted octanol–water partition coefficient (Wildman–Crippen LogP) is 4.84. The zero-order valence-electron chi connectivity index (χ0n) is 18.8. The SMILES string of the molecule is COc1ccc(C(=O)/C=C/c2ccccc2OC(=O)c2ccc(OC)c(OC)c2)c(OC)c1. The summed E-state index contributed by atoms with van der Waals surface area (Å²) in [4.78, 5) is 25.4. The summed E-state index contributed by atoms with van der Waals surface area (Å²) in [5.41, 5.74) is 1.24. The molecule has 3 rings (SSSR count). The maximum atomic E-state index is 12.7. The van der Waals surface area contributed by atoms with Crippen LogP contribution in [-0.2, 0) is 0 Å². The summed E-state index contributed by atoms with van der Waals surface area (Å²) in [6.45, 7) is 0. The first-order valence-corrected chi connectivity index (χ1v) is 9.98. The number of hydrogen-bond donors (Lipinski definition) is 0. The molecule has 3 aromatic carbocycles. The molecule has 33 heavy (non-hydrogen) atoms. The van der Waals surface area contributed by atoms with Gasteiger partial charge in [-0.2, -0.15) is 0 Å². The van der Waals surface area contributed by atoms with Crippen molar-refractivity contribution in [3.63, 3.8) is 0 Å². The van der Waals surface area contributed by atoms with Crippen LogP contribution in [-0.4, -0.2) is 40.2 Å². The zero-order chi connectivity index (χ0) is 23.8. The van der Waals surface area contributed by atoms with Crippen LogP contribution in [0.3, 0.4) is 0 Å². The Labute approximate surface area is 192 Å². The first kappa shape index (κ1) is 23.4. The van der Waals surface area contributed by atoms with Gasteiger partial charge in [0.05, 0.1) is 39.6 Å². The van der Waals surface area contributed by atoms with E-state index in [1.54, 1.807) is 66.7 Å². The molecule has 0 aromatic heterocycles. The minimum absolute atomic E-state index is 0.268. The lowest BCUT2D eigenvalue weighted by Gasteiger charge is -2.11. The first-order chi connectivity index (χ1) is 16.0. The molecule has 0 spiro atoms. The summed E-state index contributed by atoms with van der Waals surface area (Å²) in [5.74, 6) is 1.37. The Morgan fingerprint density at radius 3 is 2.12 bits per heavy atom. The molecule has 7 heteroatoms. The summed E-state index contributed by atoms with van der Waals surface area (Å²) in [5, 5.41) is 0. The van der Waals surface area contributed by atoms with Gasteiger partial charge in [-0.15, -0.1) is 0 Å². The van der Waals surface area contributed by atoms with Crippen LogP contribution in [0.25, 0.3) is 6.08 Å². The number of rotatable bonds is 9. The molecule has 0 N–H and O–H groups in total. The monoisotopic (exact) mass is 448 g/mol. The van der Waals surface area contributed by atoms with Crippen LogP contribution < -0.4 is 23.7 Å². The van der Waals surface area contributed by atoms with Gasteiger partial charge in [-0.05, 0) is 48.6 Å². The molecule has 7 nitrogen and oxygen atoms in total. The third-order valence-corrected chi connectivity index (χ3v) is 4.83. The molecule has 0 amide bonds. The van der Waals surface area contributed by atoms with Crippen molar-refractivity contribution in [2.75, 3.05) is 28.4 Å². The van der Waals surface area contributed by atoms with Gasteiger partial charge in [0.1, 0.15) is 17.2 Å². The highest BCUT2D eigenvalue weighted by Crippen LogP contribution is 2.29. The topological polar surface area (TPSA) is 80.3 Å². The van der Waals surface area contributed by atoms with E-state index in [4.69, 9.17) is 23.7 Å². The maximum Gasteiger partial charge on any atom is 0.343 e. The van der Waals surface area contributed by atoms with Crippen LogP contribution in [0.1, 0.15) is 26.3 Å². The fourth-order valence-corrected chi connectivity index (χ4v) is 3.09. The van der Waals surface area contributed by atoms with Crippen LogP contribution >= 0.6 is 0 Å². The number of ether oxygens (including phenoxy) is 5. The van der Waals surface area contributed by atoms with Crippen molar-refractivity contribution >= 4 is 17.8 Å². The van der Waals surface area contributed by atoms with Gasteiger partial charge in [0.15, 0.2) is 17.3 Å². The Morgan fingerprint density at radius 1 is 0.697 bits per heavy atom. The van der Waals surface area contributed by atoms with E-state index in [-0.39, 0.29) is 5.78 Å². The zero-order valence-corrected chi connectivity index (χ0v) is 18.8. The second kappa shape index (κ2) is 10.9. The fraction of sp³-hybridized carbons (Fsp3) is 0.154. The molecule has 3 aromatic rings. The number of ketones is 1. The molecule has 0 aliphatic carbocycles. The Hall–Kier alpha value is -4.26. The molecule has 0 radical (unpaired) electrons. The Bertz CT molecular complexity index is 1180. The minimum atomic E-state index is -0.569. The van der Waals surface area contributed by atoms with E-state index in [1.807, 2.05) is 0 Å². The average Bonchev–Trinajstić information content (AvgIpc) is 2.86. The lowest BCUT2D eigenvalue weighted by molar-refractivity contribution is 0.0733. The molecule has 0 aliphatic heterocycles. The molecule has 0 aliphatic rings. The third kappa shape index (κ3) is 5.51. The third-order valence-electron chi connectivity index (χ3n) is 4.83. The summed E-state index contributed by atoms with van der Waals surface area (Å²) < 4.78 is 26.5. The summed E-state index contributed by atoms with van der Waals surface area (Å²) in [7, 11) is 6.03. The normalized spacial score (nSPS) is 10.5. The van der Waals surface area contributed by atoms with Crippen molar-refractivity contribution in [3.8, 4) is 28.7 Å². The van der Waals surface area contributed by atoms with Crippen molar-refractivity contribution < 1.29 is 33.3 Å². The van der Waals surface area contributed by atoms with Gasteiger partial charge in [-0.25, -0.2) is 4.79 Å². The van der Waals surface area contributed by atoms with Gasteiger partial charge in [0.25, 0.3) is 0 Å². The van der Waals surface area contributed by atoms with Crippen molar-refractivity contribution in [1.82, 2.24) is 0 Å². The van der Waals surface area contributed by atoms with Crippen molar-refractivity contribution in [2.24, 2.45) is 0 Å². The number of allylic oxidation sites excluding steroid dienone is 1. The first-order valence-electron chi connectivity index (χ1n) is 9.98. The smallest absolute Gasteiger partial charge is 0.343 e. The molecule has 0 saturated heterocycles. The van der Waals surface area contributed by atoms with Gasteiger partial charge in [0.2, 0.25) is 0 Å². The van der Waals surface area contributed by atoms with E-state index in [1.165, 1.54) is 34.5 Å². The van der Waals surface area contributed by atoms with Crippen LogP contribution in [0.4, 0.5) is 0 Å². The van der Waals surface area contributed by atoms with Gasteiger partial charge in [0, 0.05) is 11.6 Å². The van der Waals surface area contributed by atoms with Crippen molar-refractivity contribution in [2.45, 2.75) is 0 Å². The Kier molecular flexibility index (Phi) is 7.70. The molecule has 0 saturated carbocycles. The standard InChI is InChI=1S/C26H24O7/c1-29-19-11-12-20(24(16-19)31-3)21(27)13-9-17-7-5-6-8-22(17)33-26(28)18-10-14-23(30-2)25(15-18)32-4/h5-16H,1-4H3/b13-9+. The van der Waals surface area contributed by atoms with Crippen LogP contribution in [0, 0.1) is 0 Å². The largest absolute Gasteiger partial charge is 0.497 e. The molecular formula is C26H24O7. The summed E-state index contributed by atoms with van der Waals surface area (Å²) >= 11 is 0. The molecule has 0 fully saturated rings. The number of carbonyl (C=O) groups is 2. The quantitative estimate of drug-likeness (QED) is 0.201. The minimum Gasteiger partial charge on any atom is -0.497 e. The Morgan fingerprint density at radius 2 is 1.42 bits per heavy atom. The van der Waals surface area contributed by atoms with Gasteiger partial charge >= 0.3 is 5.97 Å². The van der Waals surface area contributed by atoms with Gasteiger partial charge in [-0.1, -0.05) is 18.2 Å². The maximum absolute atomic E-state index is 12.7. The molecule has 0 unspecified atom stereocenters. The van der Waals surface area contributed by atoms with E-state index < -0.39 is 5.97 Å². The Balaban J connectivity index is 1.82. The number of esters is 1. The predicted molar refractivity (Wildman–Crippen MR) is 124 cm³/mol. The summed E-state index contributed by atoms with van der Waals surface area (Å²) in [6, 6.07) is 16.6. The molecular weight excluding hydrogens is 424 g/mol. The van der Waals surface area contributed by atoms with E-state index in [0.717, 1.165) is 0 Å². The van der Waals surface area contributed by atoms with Gasteiger partial charge in [-0.3, -0.25) is 4.79 Å². The van der Waals surface area contributed by atoms with E-state index in [0.29, 0.717) is 45.4 Å². The average molecular weight is 448 g/mol. The summed E-state index contributed by atoms with van der Waals surface area (Å²) in [6.07, 6.45) is 2.98. The van der Waals surface area contributed by atoms with E-state index >= 15 is 0 Å². The highest BCUT2D eigenvalue weighted by atomic mass is 16.5. The molecule has 0 bridgehead atoms. The second-order valence-corrected chi connectivity index (χ2v) is 6.76. The lowest BCUT2D eigenvalue weighted by Crippen LogP contribution is -2.09. The molecule has 0 atom stereocenters. The van der Waals surface area contributed by atoms with Gasteiger partial charge < -0.3 is 23.7 Å². The molecule has 0 heterocycles. The number of hydrogen-bond acceptors (Lipinski definition) is 7. The number of benzene rings is 3.